The first kappa shape index (κ1) is 17.6. The van der Waals surface area contributed by atoms with Crippen molar-refractivity contribution in [1.29, 1.82) is 0 Å². The van der Waals surface area contributed by atoms with Gasteiger partial charge in [-0.1, -0.05) is 12.1 Å². The largest absolute Gasteiger partial charge is 0.491 e. The first-order valence-corrected chi connectivity index (χ1v) is 8.85. The Bertz CT molecular complexity index is 653. The number of nitrogens with zero attached hydrogens (tertiary/aromatic N) is 3. The van der Waals surface area contributed by atoms with E-state index in [1.807, 2.05) is 43.3 Å². The molecule has 0 unspecified atom stereocenters. The van der Waals surface area contributed by atoms with Gasteiger partial charge in [0.25, 0.3) is 0 Å². The minimum Gasteiger partial charge on any atom is -0.491 e. The molecule has 1 aromatic heterocycles. The Morgan fingerprint density at radius 3 is 3.08 bits per heavy atom. The summed E-state index contributed by atoms with van der Waals surface area (Å²) >= 11 is 0. The highest BCUT2D eigenvalue weighted by atomic mass is 16.5. The lowest BCUT2D eigenvalue weighted by Gasteiger charge is -2.26. The number of anilines is 1. The topological polar surface area (TPSA) is 70.5 Å². The number of aromatic nitrogens is 2. The van der Waals surface area contributed by atoms with Gasteiger partial charge in [-0.2, -0.15) is 5.10 Å². The predicted molar refractivity (Wildman–Crippen MR) is 98.0 cm³/mol. The van der Waals surface area contributed by atoms with Gasteiger partial charge in [0.05, 0.1) is 0 Å². The molecule has 6 heteroatoms. The lowest BCUT2D eigenvalue weighted by Crippen LogP contribution is -2.41. The Kier molecular flexibility index (Phi) is 6.19. The van der Waals surface area contributed by atoms with Crippen molar-refractivity contribution in [3.05, 3.63) is 48.2 Å². The van der Waals surface area contributed by atoms with Crippen molar-refractivity contribution >= 4 is 5.82 Å². The minimum absolute atomic E-state index is 0.287. The lowest BCUT2D eigenvalue weighted by molar-refractivity contribution is 0.106. The number of benzene rings is 1. The maximum Gasteiger partial charge on any atom is 0.151 e. The van der Waals surface area contributed by atoms with E-state index in [2.05, 4.69) is 20.4 Å². The molecule has 1 aliphatic rings. The fraction of sp³-hybridized carbons (Fsp3) is 0.474. The lowest BCUT2D eigenvalue weighted by atomic mass is 10.2. The van der Waals surface area contributed by atoms with Gasteiger partial charge in [-0.25, -0.2) is 0 Å². The molecule has 2 atom stereocenters. The minimum atomic E-state index is -0.535. The van der Waals surface area contributed by atoms with Crippen molar-refractivity contribution in [2.45, 2.75) is 31.9 Å². The van der Waals surface area contributed by atoms with Crippen LogP contribution in [0.5, 0.6) is 5.75 Å². The van der Waals surface area contributed by atoms with E-state index in [0.29, 0.717) is 12.6 Å². The summed E-state index contributed by atoms with van der Waals surface area (Å²) in [5.74, 6) is 1.72. The third kappa shape index (κ3) is 5.14. The average Bonchev–Trinajstić information content (AvgIpc) is 3.09. The number of nitrogens with one attached hydrogen (secondary N) is 1. The van der Waals surface area contributed by atoms with Gasteiger partial charge in [-0.05, 0) is 49.6 Å². The van der Waals surface area contributed by atoms with Crippen LogP contribution in [0.15, 0.2) is 42.6 Å². The molecule has 0 radical (unpaired) electrons. The number of aryl methyl sites for hydroxylation is 1. The van der Waals surface area contributed by atoms with Crippen LogP contribution < -0.4 is 15.0 Å². The summed E-state index contributed by atoms with van der Waals surface area (Å²) < 4.78 is 5.64. The molecular formula is C19H26N4O2. The highest BCUT2D eigenvalue weighted by molar-refractivity contribution is 5.39. The van der Waals surface area contributed by atoms with Crippen LogP contribution in [-0.4, -0.2) is 53.7 Å². The molecular weight excluding hydrogens is 316 g/mol. The third-order valence-electron chi connectivity index (χ3n) is 4.42. The van der Waals surface area contributed by atoms with Crippen LogP contribution in [0.1, 0.15) is 18.4 Å². The van der Waals surface area contributed by atoms with Crippen molar-refractivity contribution < 1.29 is 9.84 Å². The molecule has 2 N–H and O–H groups in total. The van der Waals surface area contributed by atoms with Gasteiger partial charge in [0.1, 0.15) is 18.5 Å². The molecule has 0 bridgehead atoms. The molecule has 0 aliphatic carbocycles. The Morgan fingerprint density at radius 1 is 1.36 bits per heavy atom. The van der Waals surface area contributed by atoms with E-state index < -0.39 is 6.10 Å². The third-order valence-corrected chi connectivity index (χ3v) is 4.42. The van der Waals surface area contributed by atoms with Gasteiger partial charge in [0, 0.05) is 31.9 Å². The zero-order chi connectivity index (χ0) is 17.5. The Morgan fingerprint density at radius 2 is 2.28 bits per heavy atom. The van der Waals surface area contributed by atoms with E-state index in [0.717, 1.165) is 43.1 Å². The van der Waals surface area contributed by atoms with Crippen LogP contribution in [0.25, 0.3) is 0 Å². The summed E-state index contributed by atoms with van der Waals surface area (Å²) in [4.78, 5) is 2.29. The normalized spacial score (nSPS) is 18.3. The Balaban J connectivity index is 1.40. The summed E-state index contributed by atoms with van der Waals surface area (Å²) in [6, 6.07) is 12.2. The van der Waals surface area contributed by atoms with E-state index in [4.69, 9.17) is 4.74 Å². The van der Waals surface area contributed by atoms with Gasteiger partial charge >= 0.3 is 0 Å². The van der Waals surface area contributed by atoms with E-state index in [9.17, 15) is 5.11 Å². The van der Waals surface area contributed by atoms with Gasteiger partial charge in [0.2, 0.25) is 0 Å². The summed E-state index contributed by atoms with van der Waals surface area (Å²) in [6.07, 6.45) is 3.44. The summed E-state index contributed by atoms with van der Waals surface area (Å²) in [5.41, 5.74) is 1.15. The molecule has 2 aromatic rings. The molecule has 0 amide bonds. The number of aliphatic hydroxyl groups excluding tert-OH is 1. The van der Waals surface area contributed by atoms with Crippen LogP contribution in [-0.2, 0) is 0 Å². The quantitative estimate of drug-likeness (QED) is 0.762. The monoisotopic (exact) mass is 342 g/mol. The highest BCUT2D eigenvalue weighted by Crippen LogP contribution is 2.22. The van der Waals surface area contributed by atoms with Crippen LogP contribution in [0.4, 0.5) is 5.82 Å². The molecule has 2 heterocycles. The Labute approximate surface area is 148 Å². The van der Waals surface area contributed by atoms with Crippen LogP contribution in [0, 0.1) is 6.92 Å². The molecule has 1 saturated heterocycles. The van der Waals surface area contributed by atoms with Crippen LogP contribution in [0.3, 0.4) is 0 Å². The molecule has 6 nitrogen and oxygen atoms in total. The fourth-order valence-corrected chi connectivity index (χ4v) is 3.17. The number of rotatable bonds is 8. The van der Waals surface area contributed by atoms with Crippen molar-refractivity contribution in [3.8, 4) is 5.75 Å². The molecule has 134 valence electrons. The van der Waals surface area contributed by atoms with E-state index >= 15 is 0 Å². The smallest absolute Gasteiger partial charge is 0.151 e. The summed E-state index contributed by atoms with van der Waals surface area (Å²) in [5, 5.41) is 21.6. The summed E-state index contributed by atoms with van der Waals surface area (Å²) in [6.45, 7) is 4.64. The number of hydrogen-bond acceptors (Lipinski definition) is 6. The second-order valence-electron chi connectivity index (χ2n) is 6.51. The molecule has 25 heavy (non-hydrogen) atoms. The van der Waals surface area contributed by atoms with E-state index in [-0.39, 0.29) is 6.61 Å². The van der Waals surface area contributed by atoms with Crippen molar-refractivity contribution in [2.75, 3.05) is 31.1 Å². The zero-order valence-electron chi connectivity index (χ0n) is 14.6. The van der Waals surface area contributed by atoms with Gasteiger partial charge in [-0.3, -0.25) is 0 Å². The predicted octanol–water partition coefficient (Wildman–Crippen LogP) is 1.78. The maximum absolute atomic E-state index is 10.1. The average molecular weight is 342 g/mol. The van der Waals surface area contributed by atoms with Gasteiger partial charge in [0.15, 0.2) is 5.82 Å². The first-order valence-electron chi connectivity index (χ1n) is 8.85. The summed E-state index contributed by atoms with van der Waals surface area (Å²) in [7, 11) is 0. The number of hydrogen-bond donors (Lipinski definition) is 2. The van der Waals surface area contributed by atoms with Gasteiger partial charge in [-0.15, -0.1) is 5.10 Å². The second-order valence-corrected chi connectivity index (χ2v) is 6.51. The molecule has 1 aromatic carbocycles. The van der Waals surface area contributed by atoms with Crippen LogP contribution in [0.2, 0.25) is 0 Å². The molecule has 3 rings (SSSR count). The number of ether oxygens (including phenoxy) is 1. The fourth-order valence-electron chi connectivity index (χ4n) is 3.17. The number of aliphatic hydroxyl groups is 1. The maximum atomic E-state index is 10.1. The van der Waals surface area contributed by atoms with E-state index in [1.165, 1.54) is 0 Å². The highest BCUT2D eigenvalue weighted by Gasteiger charge is 2.25. The van der Waals surface area contributed by atoms with E-state index in [1.54, 1.807) is 6.20 Å². The standard InChI is InChI=1S/C19H26N4O2/c1-15-5-2-7-18(11-15)25-14-17(24)13-20-12-16-6-4-10-23(16)19-8-3-9-21-22-19/h2-3,5,7-9,11,16-17,20,24H,4,6,10,12-14H2,1H3/t16-,17+/m1/s1. The molecule has 0 saturated carbocycles. The SMILES string of the molecule is Cc1cccc(OC[C@@H](O)CNC[C@H]2CCCN2c2cccnn2)c1. The Hall–Kier alpha value is -2.18. The van der Waals surface area contributed by atoms with Crippen molar-refractivity contribution in [1.82, 2.24) is 15.5 Å². The molecule has 1 aliphatic heterocycles. The zero-order valence-corrected chi connectivity index (χ0v) is 14.6. The van der Waals surface area contributed by atoms with Crippen molar-refractivity contribution in [3.63, 3.8) is 0 Å². The molecule has 0 spiro atoms. The van der Waals surface area contributed by atoms with Crippen molar-refractivity contribution in [2.24, 2.45) is 0 Å². The second kappa shape index (κ2) is 8.78. The van der Waals surface area contributed by atoms with Gasteiger partial charge < -0.3 is 20.1 Å². The van der Waals surface area contributed by atoms with Crippen LogP contribution >= 0.6 is 0 Å². The molecule has 1 fully saturated rings. The first-order chi connectivity index (χ1) is 12.2.